The van der Waals surface area contributed by atoms with Crippen molar-refractivity contribution in [2.75, 3.05) is 18.1 Å². The molecule has 1 amide bonds. The fraction of sp³-hybridized carbons (Fsp3) is 0.867. The fourth-order valence-electron chi connectivity index (χ4n) is 2.76. The molecular formula is C15H27NO3S. The van der Waals surface area contributed by atoms with Gasteiger partial charge in [0.1, 0.15) is 0 Å². The van der Waals surface area contributed by atoms with E-state index in [0.29, 0.717) is 12.3 Å². The normalized spacial score (nSPS) is 22.4. The minimum absolute atomic E-state index is 0.110. The van der Waals surface area contributed by atoms with Gasteiger partial charge in [0.15, 0.2) is 0 Å². The molecule has 0 saturated heterocycles. The van der Waals surface area contributed by atoms with E-state index in [1.165, 1.54) is 43.9 Å². The quantitative estimate of drug-likeness (QED) is 0.643. The van der Waals surface area contributed by atoms with E-state index in [4.69, 9.17) is 5.11 Å². The highest BCUT2D eigenvalue weighted by Gasteiger charge is 2.25. The van der Waals surface area contributed by atoms with Crippen molar-refractivity contribution in [2.45, 2.75) is 51.9 Å². The molecule has 0 heterocycles. The number of hydrogen-bond acceptors (Lipinski definition) is 3. The van der Waals surface area contributed by atoms with Crippen LogP contribution in [0.2, 0.25) is 0 Å². The zero-order valence-electron chi connectivity index (χ0n) is 12.4. The van der Waals surface area contributed by atoms with Gasteiger partial charge in [-0.15, -0.1) is 11.8 Å². The number of carbonyl (C=O) groups excluding carboxylic acids is 1. The molecule has 0 aromatic rings. The van der Waals surface area contributed by atoms with E-state index in [-0.39, 0.29) is 17.6 Å². The summed E-state index contributed by atoms with van der Waals surface area (Å²) in [5, 5.41) is 11.4. The van der Waals surface area contributed by atoms with Gasteiger partial charge in [-0.05, 0) is 31.6 Å². The largest absolute Gasteiger partial charge is 0.481 e. The van der Waals surface area contributed by atoms with Crippen molar-refractivity contribution in [3.05, 3.63) is 0 Å². The summed E-state index contributed by atoms with van der Waals surface area (Å²) in [6.07, 6.45) is 8.29. The number of thioether (sulfide) groups is 1. The van der Waals surface area contributed by atoms with Gasteiger partial charge in [-0.3, -0.25) is 9.59 Å². The van der Waals surface area contributed by atoms with Crippen molar-refractivity contribution < 1.29 is 14.7 Å². The minimum Gasteiger partial charge on any atom is -0.481 e. The first kappa shape index (κ1) is 17.3. The highest BCUT2D eigenvalue weighted by Crippen LogP contribution is 2.31. The maximum Gasteiger partial charge on any atom is 0.313 e. The number of rotatable bonds is 9. The van der Waals surface area contributed by atoms with Crippen LogP contribution in [0.1, 0.15) is 51.9 Å². The van der Waals surface area contributed by atoms with Gasteiger partial charge in [-0.25, -0.2) is 0 Å². The molecule has 1 aliphatic carbocycles. The number of hydrogen-bond donors (Lipinski definition) is 2. The second-order valence-corrected chi connectivity index (χ2v) is 6.70. The summed E-state index contributed by atoms with van der Waals surface area (Å²) in [5.74, 6) is 1.14. The molecule has 1 saturated carbocycles. The Balaban J connectivity index is 2.08. The maximum absolute atomic E-state index is 12.0. The second-order valence-electron chi connectivity index (χ2n) is 5.60. The number of aliphatic carboxylic acids is 1. The SMILES string of the molecule is CCCCC1CCC(C(=O)NCCSCC(=O)O)CC1. The summed E-state index contributed by atoms with van der Waals surface area (Å²) in [6, 6.07) is 0. The Morgan fingerprint density at radius 1 is 1.25 bits per heavy atom. The lowest BCUT2D eigenvalue weighted by molar-refractivity contribution is -0.134. The molecule has 20 heavy (non-hydrogen) atoms. The molecule has 5 heteroatoms. The standard InChI is InChI=1S/C15H27NO3S/c1-2-3-4-12-5-7-13(8-6-12)15(19)16-9-10-20-11-14(17)18/h12-13H,2-11H2,1H3,(H,16,19)(H,17,18). The number of amides is 1. The molecule has 1 rings (SSSR count). The highest BCUT2D eigenvalue weighted by atomic mass is 32.2. The third-order valence-electron chi connectivity index (χ3n) is 3.95. The number of carbonyl (C=O) groups is 2. The average Bonchev–Trinajstić information content (AvgIpc) is 2.44. The Labute approximate surface area is 126 Å². The lowest BCUT2D eigenvalue weighted by Crippen LogP contribution is -2.34. The topological polar surface area (TPSA) is 66.4 Å². The number of nitrogens with one attached hydrogen (secondary N) is 1. The first-order chi connectivity index (χ1) is 9.63. The molecule has 0 radical (unpaired) electrons. The Hall–Kier alpha value is -0.710. The number of unbranched alkanes of at least 4 members (excludes halogenated alkanes) is 1. The first-order valence-electron chi connectivity index (χ1n) is 7.70. The maximum atomic E-state index is 12.0. The van der Waals surface area contributed by atoms with Crippen LogP contribution in [0.5, 0.6) is 0 Å². The predicted octanol–water partition coefficient (Wildman–Crippen LogP) is 2.92. The molecular weight excluding hydrogens is 274 g/mol. The van der Waals surface area contributed by atoms with Gasteiger partial charge in [-0.1, -0.05) is 26.2 Å². The second kappa shape index (κ2) is 10.1. The third kappa shape index (κ3) is 7.17. The van der Waals surface area contributed by atoms with Gasteiger partial charge >= 0.3 is 5.97 Å². The van der Waals surface area contributed by atoms with Crippen LogP contribution in [0.15, 0.2) is 0 Å². The highest BCUT2D eigenvalue weighted by molar-refractivity contribution is 7.99. The zero-order valence-corrected chi connectivity index (χ0v) is 13.2. The van der Waals surface area contributed by atoms with Gasteiger partial charge in [0.05, 0.1) is 5.75 Å². The molecule has 0 bridgehead atoms. The molecule has 0 aromatic heterocycles. The van der Waals surface area contributed by atoms with Crippen molar-refractivity contribution in [2.24, 2.45) is 11.8 Å². The number of carboxylic acid groups (broad SMARTS) is 1. The molecule has 1 fully saturated rings. The predicted molar refractivity (Wildman–Crippen MR) is 82.9 cm³/mol. The molecule has 2 N–H and O–H groups in total. The first-order valence-corrected chi connectivity index (χ1v) is 8.86. The van der Waals surface area contributed by atoms with Crippen LogP contribution < -0.4 is 5.32 Å². The fourth-order valence-corrected chi connectivity index (χ4v) is 3.32. The monoisotopic (exact) mass is 301 g/mol. The van der Waals surface area contributed by atoms with Gasteiger partial charge in [-0.2, -0.15) is 0 Å². The van der Waals surface area contributed by atoms with Crippen LogP contribution >= 0.6 is 11.8 Å². The van der Waals surface area contributed by atoms with Crippen LogP contribution in [0.25, 0.3) is 0 Å². The van der Waals surface area contributed by atoms with Crippen molar-refractivity contribution in [3.63, 3.8) is 0 Å². The lowest BCUT2D eigenvalue weighted by atomic mass is 9.79. The van der Waals surface area contributed by atoms with Gasteiger partial charge in [0.25, 0.3) is 0 Å². The minimum atomic E-state index is -0.799. The summed E-state index contributed by atoms with van der Waals surface area (Å²) in [5.41, 5.74) is 0. The van der Waals surface area contributed by atoms with E-state index in [2.05, 4.69) is 12.2 Å². The molecule has 0 aliphatic heterocycles. The molecule has 0 unspecified atom stereocenters. The van der Waals surface area contributed by atoms with Crippen molar-refractivity contribution >= 4 is 23.6 Å². The Kier molecular flexibility index (Phi) is 8.74. The average molecular weight is 301 g/mol. The van der Waals surface area contributed by atoms with Gasteiger partial charge in [0, 0.05) is 18.2 Å². The Morgan fingerprint density at radius 2 is 1.95 bits per heavy atom. The van der Waals surface area contributed by atoms with E-state index in [9.17, 15) is 9.59 Å². The van der Waals surface area contributed by atoms with E-state index >= 15 is 0 Å². The smallest absolute Gasteiger partial charge is 0.313 e. The van der Waals surface area contributed by atoms with Crippen molar-refractivity contribution in [3.8, 4) is 0 Å². The van der Waals surface area contributed by atoms with Crippen LogP contribution in [0, 0.1) is 11.8 Å². The summed E-state index contributed by atoms with van der Waals surface area (Å²) in [7, 11) is 0. The van der Waals surface area contributed by atoms with Crippen LogP contribution in [0.4, 0.5) is 0 Å². The van der Waals surface area contributed by atoms with Crippen molar-refractivity contribution in [1.82, 2.24) is 5.32 Å². The summed E-state index contributed by atoms with van der Waals surface area (Å²) >= 11 is 1.35. The molecule has 0 aromatic carbocycles. The van der Waals surface area contributed by atoms with Crippen LogP contribution in [-0.4, -0.2) is 35.0 Å². The summed E-state index contributed by atoms with van der Waals surface area (Å²) < 4.78 is 0. The third-order valence-corrected chi connectivity index (χ3v) is 4.90. The molecule has 116 valence electrons. The molecule has 4 nitrogen and oxygen atoms in total. The van der Waals surface area contributed by atoms with Crippen LogP contribution in [0.3, 0.4) is 0 Å². The molecule has 1 aliphatic rings. The molecule has 0 spiro atoms. The number of carboxylic acids is 1. The summed E-state index contributed by atoms with van der Waals surface area (Å²) in [4.78, 5) is 22.3. The Bertz CT molecular complexity index is 301. The van der Waals surface area contributed by atoms with Crippen molar-refractivity contribution in [1.29, 1.82) is 0 Å². The summed E-state index contributed by atoms with van der Waals surface area (Å²) in [6.45, 7) is 2.80. The van der Waals surface area contributed by atoms with Gasteiger partial charge < -0.3 is 10.4 Å². The Morgan fingerprint density at radius 3 is 2.55 bits per heavy atom. The van der Waals surface area contributed by atoms with E-state index in [0.717, 1.165) is 18.8 Å². The van der Waals surface area contributed by atoms with E-state index in [1.807, 2.05) is 0 Å². The van der Waals surface area contributed by atoms with E-state index in [1.54, 1.807) is 0 Å². The van der Waals surface area contributed by atoms with Gasteiger partial charge in [0.2, 0.25) is 5.91 Å². The zero-order chi connectivity index (χ0) is 14.8. The lowest BCUT2D eigenvalue weighted by Gasteiger charge is -2.27. The van der Waals surface area contributed by atoms with E-state index < -0.39 is 5.97 Å². The molecule has 0 atom stereocenters. The van der Waals surface area contributed by atoms with Crippen LogP contribution in [-0.2, 0) is 9.59 Å².